The molecule has 1 aliphatic rings. The Bertz CT molecular complexity index is 1020. The van der Waals surface area contributed by atoms with Gasteiger partial charge in [0.25, 0.3) is 0 Å². The first kappa shape index (κ1) is 19.5. The van der Waals surface area contributed by atoms with Crippen LogP contribution >= 0.6 is 11.9 Å². The van der Waals surface area contributed by atoms with Gasteiger partial charge in [0.1, 0.15) is 5.75 Å². The van der Waals surface area contributed by atoms with Gasteiger partial charge in [-0.3, -0.25) is 9.78 Å². The molecule has 0 radical (unpaired) electrons. The Morgan fingerprint density at radius 3 is 2.72 bits per heavy atom. The molecule has 7 heteroatoms. The van der Waals surface area contributed by atoms with Crippen LogP contribution in [0.25, 0.3) is 11.3 Å². The van der Waals surface area contributed by atoms with Gasteiger partial charge in [0.2, 0.25) is 0 Å². The van der Waals surface area contributed by atoms with E-state index in [9.17, 15) is 4.79 Å². The number of pyridine rings is 1. The van der Waals surface area contributed by atoms with Crippen molar-refractivity contribution in [2.45, 2.75) is 25.6 Å². The number of nitrogens with one attached hydrogen (secondary N) is 2. The van der Waals surface area contributed by atoms with Crippen LogP contribution in [0.15, 0.2) is 48.8 Å². The molecule has 0 aliphatic carbocycles. The first-order chi connectivity index (χ1) is 14.1. The van der Waals surface area contributed by atoms with Gasteiger partial charge in [-0.05, 0) is 18.2 Å². The monoisotopic (exact) mass is 408 g/mol. The number of aromatic amines is 1. The van der Waals surface area contributed by atoms with E-state index in [1.807, 2.05) is 36.4 Å². The minimum atomic E-state index is 0.105. The second-order valence-electron chi connectivity index (χ2n) is 7.17. The molecule has 4 rings (SSSR count). The maximum Gasteiger partial charge on any atom is 0.181 e. The van der Waals surface area contributed by atoms with Gasteiger partial charge in [-0.15, -0.1) is 0 Å². The summed E-state index contributed by atoms with van der Waals surface area (Å²) in [6.07, 6.45) is 3.41. The lowest BCUT2D eigenvalue weighted by molar-refractivity contribution is 0.0955. The molecule has 0 saturated carbocycles. The van der Waals surface area contributed by atoms with Crippen LogP contribution in [0.4, 0.5) is 11.4 Å². The molecule has 0 fully saturated rings. The topological polar surface area (TPSA) is 70.2 Å². The number of hydrogen-bond donors (Lipinski definition) is 2. The Hall–Kier alpha value is -2.77. The van der Waals surface area contributed by atoms with E-state index in [4.69, 9.17) is 4.74 Å². The van der Waals surface area contributed by atoms with Crippen molar-refractivity contribution in [3.63, 3.8) is 0 Å². The molecule has 2 N–H and O–H groups in total. The van der Waals surface area contributed by atoms with Gasteiger partial charge in [0, 0.05) is 28.4 Å². The predicted molar refractivity (Wildman–Crippen MR) is 118 cm³/mol. The summed E-state index contributed by atoms with van der Waals surface area (Å²) < 4.78 is 7.64. The van der Waals surface area contributed by atoms with Crippen molar-refractivity contribution in [1.29, 1.82) is 0 Å². The van der Waals surface area contributed by atoms with Crippen molar-refractivity contribution in [2.75, 3.05) is 19.0 Å². The van der Waals surface area contributed by atoms with Crippen LogP contribution in [0.3, 0.4) is 0 Å². The van der Waals surface area contributed by atoms with Crippen molar-refractivity contribution in [1.82, 2.24) is 14.3 Å². The highest BCUT2D eigenvalue weighted by atomic mass is 32.2. The van der Waals surface area contributed by atoms with E-state index in [2.05, 4.69) is 33.4 Å². The van der Waals surface area contributed by atoms with Gasteiger partial charge in [0.05, 0.1) is 43.3 Å². The molecule has 3 heterocycles. The summed E-state index contributed by atoms with van der Waals surface area (Å²) in [5, 5.41) is 3.88. The van der Waals surface area contributed by atoms with Gasteiger partial charge in [0.15, 0.2) is 5.78 Å². The number of fused-ring (bicyclic) bond motifs is 1. The third-order valence-corrected chi connectivity index (χ3v) is 5.67. The first-order valence-electron chi connectivity index (χ1n) is 9.57. The fourth-order valence-electron chi connectivity index (χ4n) is 3.56. The number of H-pyrrole nitrogens is 1. The average molecular weight is 409 g/mol. The number of hydrogen-bond acceptors (Lipinski definition) is 6. The second kappa shape index (κ2) is 8.31. The normalized spacial score (nSPS) is 14.1. The fraction of sp³-hybridized carbons (Fsp3) is 0.273. The zero-order valence-electron chi connectivity index (χ0n) is 16.7. The Kier molecular flexibility index (Phi) is 5.60. The summed E-state index contributed by atoms with van der Waals surface area (Å²) >= 11 is 1.70. The largest absolute Gasteiger partial charge is 0.494 e. The maximum atomic E-state index is 13.1. The van der Waals surface area contributed by atoms with Crippen molar-refractivity contribution < 1.29 is 9.53 Å². The van der Waals surface area contributed by atoms with Gasteiger partial charge < -0.3 is 15.0 Å². The lowest BCUT2D eigenvalue weighted by atomic mass is 10.0. The average Bonchev–Trinajstić information content (AvgIpc) is 3.06. The van der Waals surface area contributed by atoms with Crippen LogP contribution in [-0.4, -0.2) is 39.0 Å². The maximum absolute atomic E-state index is 13.1. The molecule has 0 spiro atoms. The van der Waals surface area contributed by atoms with E-state index in [1.54, 1.807) is 31.5 Å². The molecular weight excluding hydrogens is 384 g/mol. The SMILES string of the molecule is COc1cnccc1-c1[nH]c2c(c1Nc1ccccc1)C(=O)CN(SC(C)C)C2. The fourth-order valence-corrected chi connectivity index (χ4v) is 4.56. The van der Waals surface area contributed by atoms with Crippen LogP contribution < -0.4 is 10.1 Å². The van der Waals surface area contributed by atoms with Crippen molar-refractivity contribution in [2.24, 2.45) is 0 Å². The minimum Gasteiger partial charge on any atom is -0.494 e. The summed E-state index contributed by atoms with van der Waals surface area (Å²) in [5.41, 5.74) is 5.06. The molecule has 0 atom stereocenters. The molecule has 3 aromatic rings. The molecule has 0 saturated heterocycles. The number of carbonyl (C=O) groups excluding carboxylic acids is 1. The summed E-state index contributed by atoms with van der Waals surface area (Å²) in [6, 6.07) is 11.8. The number of para-hydroxylation sites is 1. The third kappa shape index (κ3) is 4.02. The number of nitrogens with zero attached hydrogens (tertiary/aromatic N) is 2. The lowest BCUT2D eigenvalue weighted by Gasteiger charge is -2.26. The Labute approximate surface area is 174 Å². The molecule has 0 amide bonds. The lowest BCUT2D eigenvalue weighted by Crippen LogP contribution is -2.31. The minimum absolute atomic E-state index is 0.105. The van der Waals surface area contributed by atoms with E-state index in [1.165, 1.54) is 0 Å². The Balaban J connectivity index is 1.83. The second-order valence-corrected chi connectivity index (χ2v) is 8.84. The highest BCUT2D eigenvalue weighted by Crippen LogP contribution is 2.41. The summed E-state index contributed by atoms with van der Waals surface area (Å²) in [7, 11) is 1.62. The zero-order chi connectivity index (χ0) is 20.4. The molecule has 0 bridgehead atoms. The summed E-state index contributed by atoms with van der Waals surface area (Å²) in [5.74, 6) is 0.761. The number of methoxy groups -OCH3 is 1. The van der Waals surface area contributed by atoms with Crippen LogP contribution in [0.2, 0.25) is 0 Å². The number of rotatable bonds is 6. The van der Waals surface area contributed by atoms with E-state index < -0.39 is 0 Å². The summed E-state index contributed by atoms with van der Waals surface area (Å²) in [6.45, 7) is 5.34. The smallest absolute Gasteiger partial charge is 0.181 e. The van der Waals surface area contributed by atoms with E-state index in [-0.39, 0.29) is 5.78 Å². The molecule has 6 nitrogen and oxygen atoms in total. The van der Waals surface area contributed by atoms with Crippen LogP contribution in [0.5, 0.6) is 5.75 Å². The van der Waals surface area contributed by atoms with Crippen LogP contribution in [-0.2, 0) is 6.54 Å². The standard InChI is InChI=1S/C22H24N4O2S/c1-14(2)29-26-12-17-20(18(27)13-26)22(24-15-7-5-4-6-8-15)21(25-17)16-9-10-23-11-19(16)28-3/h4-11,14,24-25H,12-13H2,1-3H3. The molecule has 1 aliphatic heterocycles. The quantitative estimate of drug-likeness (QED) is 0.566. The third-order valence-electron chi connectivity index (χ3n) is 4.69. The Morgan fingerprint density at radius 1 is 1.21 bits per heavy atom. The highest BCUT2D eigenvalue weighted by molar-refractivity contribution is 7.97. The van der Waals surface area contributed by atoms with Crippen molar-refractivity contribution >= 4 is 29.1 Å². The molecule has 2 aromatic heterocycles. The van der Waals surface area contributed by atoms with Gasteiger partial charge in [-0.25, -0.2) is 4.31 Å². The number of Topliss-reactive ketones (excluding diaryl/α,β-unsaturated/α-hetero) is 1. The number of aromatic nitrogens is 2. The predicted octanol–water partition coefficient (Wildman–Crippen LogP) is 4.88. The van der Waals surface area contributed by atoms with E-state index >= 15 is 0 Å². The number of anilines is 2. The zero-order valence-corrected chi connectivity index (χ0v) is 17.5. The number of benzene rings is 1. The van der Waals surface area contributed by atoms with Crippen molar-refractivity contribution in [3.8, 4) is 17.0 Å². The molecule has 1 aromatic carbocycles. The first-order valence-corrected chi connectivity index (χ1v) is 10.4. The van der Waals surface area contributed by atoms with Crippen molar-refractivity contribution in [3.05, 3.63) is 60.0 Å². The summed E-state index contributed by atoms with van der Waals surface area (Å²) in [4.78, 5) is 20.8. The van der Waals surface area contributed by atoms with E-state index in [0.29, 0.717) is 24.1 Å². The van der Waals surface area contributed by atoms with Crippen LogP contribution in [0, 0.1) is 0 Å². The van der Waals surface area contributed by atoms with Gasteiger partial charge in [-0.2, -0.15) is 0 Å². The van der Waals surface area contributed by atoms with E-state index in [0.717, 1.165) is 33.9 Å². The Morgan fingerprint density at radius 2 is 2.00 bits per heavy atom. The molecule has 0 unspecified atom stereocenters. The molecular formula is C22H24N4O2S. The number of carbonyl (C=O) groups is 1. The number of ketones is 1. The molecule has 29 heavy (non-hydrogen) atoms. The molecule has 150 valence electrons. The van der Waals surface area contributed by atoms with Gasteiger partial charge in [-0.1, -0.05) is 44.0 Å². The van der Waals surface area contributed by atoms with Crippen LogP contribution in [0.1, 0.15) is 29.9 Å². The highest BCUT2D eigenvalue weighted by Gasteiger charge is 2.31. The van der Waals surface area contributed by atoms with Gasteiger partial charge >= 0.3 is 0 Å². The number of ether oxygens (including phenoxy) is 1.